The Balaban J connectivity index is 2.20. The molecule has 2 fully saturated rings. The summed E-state index contributed by atoms with van der Waals surface area (Å²) in [5.74, 6) is 0. The number of hydrogen-bond donors (Lipinski definition) is 1. The molecule has 0 amide bonds. The molecule has 1 aliphatic carbocycles. The molecule has 0 aromatic rings. The Morgan fingerprint density at radius 1 is 1.30 bits per heavy atom. The molecule has 2 aliphatic rings. The Morgan fingerprint density at radius 3 is 2.40 bits per heavy atom. The highest BCUT2D eigenvalue weighted by molar-refractivity contribution is 8.00. The molecule has 1 aliphatic heterocycles. The molecule has 0 aromatic carbocycles. The van der Waals surface area contributed by atoms with E-state index in [1.807, 2.05) is 11.8 Å². The molecule has 0 aromatic heterocycles. The van der Waals surface area contributed by atoms with Gasteiger partial charge in [-0.25, -0.2) is 0 Å². The Labute approximate surface area is 67.0 Å². The van der Waals surface area contributed by atoms with Crippen LogP contribution in [0.5, 0.6) is 0 Å². The largest absolute Gasteiger partial charge is 0.303 e. The summed E-state index contributed by atoms with van der Waals surface area (Å²) in [4.78, 5) is 0.410. The molecule has 1 heterocycles. The smallest absolute Gasteiger partial charge is 0.0671 e. The number of rotatable bonds is 1. The van der Waals surface area contributed by atoms with Gasteiger partial charge >= 0.3 is 0 Å². The normalized spacial score (nSPS) is 42.6. The molecule has 1 saturated heterocycles. The van der Waals surface area contributed by atoms with Crippen molar-refractivity contribution in [3.8, 4) is 0 Å². The van der Waals surface area contributed by atoms with E-state index in [1.54, 1.807) is 0 Å². The summed E-state index contributed by atoms with van der Waals surface area (Å²) in [5.41, 5.74) is 0.701. The second-order valence-corrected chi connectivity index (χ2v) is 4.92. The number of thioether (sulfide) groups is 1. The summed E-state index contributed by atoms with van der Waals surface area (Å²) >= 11 is 1.99. The third-order valence-corrected chi connectivity index (χ3v) is 4.73. The molecule has 1 unspecified atom stereocenters. The monoisotopic (exact) mass is 157 g/mol. The van der Waals surface area contributed by atoms with Crippen molar-refractivity contribution >= 4 is 11.8 Å². The van der Waals surface area contributed by atoms with Crippen molar-refractivity contribution < 1.29 is 0 Å². The Kier molecular flexibility index (Phi) is 1.34. The molecular weight excluding hydrogens is 142 g/mol. The Bertz CT molecular complexity index is 153. The van der Waals surface area contributed by atoms with Gasteiger partial charge in [0.05, 0.1) is 4.87 Å². The van der Waals surface area contributed by atoms with Gasteiger partial charge in [-0.3, -0.25) is 0 Å². The van der Waals surface area contributed by atoms with Crippen LogP contribution in [-0.2, 0) is 0 Å². The lowest BCUT2D eigenvalue weighted by Gasteiger charge is -2.29. The molecule has 58 valence electrons. The molecule has 10 heavy (non-hydrogen) atoms. The van der Waals surface area contributed by atoms with E-state index >= 15 is 0 Å². The van der Waals surface area contributed by atoms with Crippen LogP contribution in [0.15, 0.2) is 0 Å². The van der Waals surface area contributed by atoms with Crippen molar-refractivity contribution in [3.05, 3.63) is 0 Å². The van der Waals surface area contributed by atoms with Gasteiger partial charge in [0.1, 0.15) is 0 Å². The van der Waals surface area contributed by atoms with E-state index in [2.05, 4.69) is 18.5 Å². The fourth-order valence-electron chi connectivity index (χ4n) is 2.13. The van der Waals surface area contributed by atoms with E-state index in [4.69, 9.17) is 0 Å². The van der Waals surface area contributed by atoms with Crippen LogP contribution in [0.4, 0.5) is 0 Å². The van der Waals surface area contributed by atoms with Crippen molar-refractivity contribution in [2.75, 3.05) is 12.8 Å². The topological polar surface area (TPSA) is 12.0 Å². The van der Waals surface area contributed by atoms with Crippen molar-refractivity contribution in [1.29, 1.82) is 0 Å². The van der Waals surface area contributed by atoms with Gasteiger partial charge in [-0.05, 0) is 44.4 Å². The third-order valence-electron chi connectivity index (χ3n) is 3.34. The standard InChI is InChI=1S/C8H15NS/c1-7(10-2)8(3-4-8)5-6-9-7/h9H,3-6H2,1-2H3. The maximum absolute atomic E-state index is 3.60. The van der Waals surface area contributed by atoms with Gasteiger partial charge in [-0.15, -0.1) is 11.8 Å². The summed E-state index contributed by atoms with van der Waals surface area (Å²) in [6.45, 7) is 3.59. The summed E-state index contributed by atoms with van der Waals surface area (Å²) in [6.07, 6.45) is 6.54. The third kappa shape index (κ3) is 0.693. The molecule has 1 N–H and O–H groups in total. The highest BCUT2D eigenvalue weighted by atomic mass is 32.2. The maximum atomic E-state index is 3.60. The van der Waals surface area contributed by atoms with Crippen LogP contribution in [0.25, 0.3) is 0 Å². The van der Waals surface area contributed by atoms with E-state index in [-0.39, 0.29) is 0 Å². The van der Waals surface area contributed by atoms with E-state index in [1.165, 1.54) is 25.8 Å². The second-order valence-electron chi connectivity index (χ2n) is 3.69. The molecule has 1 nitrogen and oxygen atoms in total. The van der Waals surface area contributed by atoms with Gasteiger partial charge in [0.25, 0.3) is 0 Å². The van der Waals surface area contributed by atoms with E-state index in [9.17, 15) is 0 Å². The van der Waals surface area contributed by atoms with E-state index in [0.29, 0.717) is 10.3 Å². The van der Waals surface area contributed by atoms with Crippen molar-refractivity contribution in [2.45, 2.75) is 31.1 Å². The van der Waals surface area contributed by atoms with Gasteiger partial charge < -0.3 is 5.32 Å². The minimum Gasteiger partial charge on any atom is -0.303 e. The summed E-state index contributed by atoms with van der Waals surface area (Å²) in [5, 5.41) is 3.60. The lowest BCUT2D eigenvalue weighted by Crippen LogP contribution is -2.38. The van der Waals surface area contributed by atoms with Crippen LogP contribution in [0.1, 0.15) is 26.2 Å². The fraction of sp³-hybridized carbons (Fsp3) is 1.00. The zero-order valence-corrected chi connectivity index (χ0v) is 7.55. The predicted octanol–water partition coefficient (Wildman–Crippen LogP) is 1.84. The predicted molar refractivity (Wildman–Crippen MR) is 46.2 cm³/mol. The second kappa shape index (κ2) is 1.92. The SMILES string of the molecule is CSC1(C)NCCC12CC2. The molecular formula is C8H15NS. The first-order valence-corrected chi connectivity index (χ1v) is 5.25. The molecule has 1 spiro atoms. The summed E-state index contributed by atoms with van der Waals surface area (Å²) in [7, 11) is 0. The van der Waals surface area contributed by atoms with Gasteiger partial charge in [0.15, 0.2) is 0 Å². The van der Waals surface area contributed by atoms with Gasteiger partial charge in [0.2, 0.25) is 0 Å². The molecule has 1 atom stereocenters. The van der Waals surface area contributed by atoms with Crippen LogP contribution in [0, 0.1) is 5.41 Å². The first-order chi connectivity index (χ1) is 4.72. The molecule has 2 rings (SSSR count). The minimum atomic E-state index is 0.410. The summed E-state index contributed by atoms with van der Waals surface area (Å²) in [6, 6.07) is 0. The zero-order chi connectivity index (χ0) is 7.24. The molecule has 0 radical (unpaired) electrons. The first kappa shape index (κ1) is 6.99. The highest BCUT2D eigenvalue weighted by Gasteiger charge is 2.59. The van der Waals surface area contributed by atoms with Crippen LogP contribution >= 0.6 is 11.8 Å². The lowest BCUT2D eigenvalue weighted by atomic mass is 9.98. The quantitative estimate of drug-likeness (QED) is 0.623. The average molecular weight is 157 g/mol. The molecule has 2 heteroatoms. The van der Waals surface area contributed by atoms with Crippen LogP contribution in [-0.4, -0.2) is 17.7 Å². The highest BCUT2D eigenvalue weighted by Crippen LogP contribution is 2.62. The zero-order valence-electron chi connectivity index (χ0n) is 6.74. The van der Waals surface area contributed by atoms with Gasteiger partial charge in [-0.2, -0.15) is 0 Å². The maximum Gasteiger partial charge on any atom is 0.0671 e. The van der Waals surface area contributed by atoms with Gasteiger partial charge in [-0.1, -0.05) is 0 Å². The van der Waals surface area contributed by atoms with E-state index in [0.717, 1.165) is 0 Å². The Morgan fingerprint density at radius 2 is 2.00 bits per heavy atom. The fourth-order valence-corrected chi connectivity index (χ4v) is 3.12. The van der Waals surface area contributed by atoms with Crippen molar-refractivity contribution in [1.82, 2.24) is 5.32 Å². The van der Waals surface area contributed by atoms with Crippen LogP contribution in [0.2, 0.25) is 0 Å². The van der Waals surface area contributed by atoms with Gasteiger partial charge in [0, 0.05) is 0 Å². The number of hydrogen-bond acceptors (Lipinski definition) is 2. The molecule has 0 bridgehead atoms. The van der Waals surface area contributed by atoms with Crippen molar-refractivity contribution in [2.24, 2.45) is 5.41 Å². The minimum absolute atomic E-state index is 0.410. The van der Waals surface area contributed by atoms with Crippen LogP contribution < -0.4 is 5.32 Å². The summed E-state index contributed by atoms with van der Waals surface area (Å²) < 4.78 is 0. The first-order valence-electron chi connectivity index (χ1n) is 4.03. The molecule has 1 saturated carbocycles. The number of nitrogens with one attached hydrogen (secondary N) is 1. The van der Waals surface area contributed by atoms with Crippen molar-refractivity contribution in [3.63, 3.8) is 0 Å². The van der Waals surface area contributed by atoms with E-state index < -0.39 is 0 Å². The Hall–Kier alpha value is 0.310. The lowest BCUT2D eigenvalue weighted by molar-refractivity contribution is 0.415. The van der Waals surface area contributed by atoms with Crippen LogP contribution in [0.3, 0.4) is 0 Å². The average Bonchev–Trinajstić information content (AvgIpc) is 2.61.